The van der Waals surface area contributed by atoms with Crippen molar-refractivity contribution in [2.75, 3.05) is 7.11 Å². The first-order valence-electron chi connectivity index (χ1n) is 6.74. The molecule has 0 aliphatic rings. The Labute approximate surface area is 129 Å². The van der Waals surface area contributed by atoms with E-state index in [-0.39, 0.29) is 5.60 Å². The minimum absolute atomic E-state index is 0.375. The lowest BCUT2D eigenvalue weighted by Gasteiger charge is -2.29. The van der Waals surface area contributed by atoms with E-state index in [1.807, 2.05) is 0 Å². The van der Waals surface area contributed by atoms with E-state index < -0.39 is 0 Å². The molecule has 0 amide bonds. The molecule has 108 valence electrons. The highest BCUT2D eigenvalue weighted by molar-refractivity contribution is 9.10. The van der Waals surface area contributed by atoms with E-state index in [0.717, 1.165) is 35.3 Å². The zero-order valence-corrected chi connectivity index (χ0v) is 14.7. The molecule has 3 nitrogen and oxygen atoms in total. The topological polar surface area (TPSA) is 37.9 Å². The Bertz CT molecular complexity index is 473. The maximum absolute atomic E-state index is 5.72. The molecule has 1 aromatic heterocycles. The number of aromatic nitrogens is 2. The summed E-state index contributed by atoms with van der Waals surface area (Å²) in [6.07, 6.45) is 2.66. The number of nitrogens with one attached hydrogen (secondary N) is 1. The van der Waals surface area contributed by atoms with Gasteiger partial charge in [0.15, 0.2) is 0 Å². The Morgan fingerprint density at radius 3 is 2.37 bits per heavy atom. The van der Waals surface area contributed by atoms with Crippen molar-refractivity contribution in [3.05, 3.63) is 20.6 Å². The quantitative estimate of drug-likeness (QED) is 0.754. The standard InChI is InChI=1S/C14H23BrN2OS/c1-6-14(7-2,18-5)13-16-10(8-9(3)4)11(15)12(19)17-13/h9H,6-8H2,1-5H3,(H,16,17,19). The van der Waals surface area contributed by atoms with E-state index in [1.54, 1.807) is 7.11 Å². The molecule has 5 heteroatoms. The Kier molecular flexibility index (Phi) is 6.15. The molecule has 0 fully saturated rings. The van der Waals surface area contributed by atoms with Gasteiger partial charge in [0.25, 0.3) is 0 Å². The molecule has 0 spiro atoms. The minimum Gasteiger partial charge on any atom is -0.370 e. The second-order valence-corrected chi connectivity index (χ2v) is 6.37. The van der Waals surface area contributed by atoms with E-state index in [9.17, 15) is 0 Å². The molecule has 0 bridgehead atoms. The Balaban J connectivity index is 3.37. The van der Waals surface area contributed by atoms with Crippen LogP contribution in [0.4, 0.5) is 0 Å². The predicted octanol–water partition coefficient (Wildman–Crippen LogP) is 4.76. The van der Waals surface area contributed by atoms with Crippen LogP contribution in [0.2, 0.25) is 0 Å². The van der Waals surface area contributed by atoms with Gasteiger partial charge in [-0.05, 0) is 41.1 Å². The zero-order chi connectivity index (χ0) is 14.6. The van der Waals surface area contributed by atoms with Crippen molar-refractivity contribution in [1.29, 1.82) is 0 Å². The van der Waals surface area contributed by atoms with Gasteiger partial charge < -0.3 is 9.72 Å². The monoisotopic (exact) mass is 346 g/mol. The van der Waals surface area contributed by atoms with E-state index in [0.29, 0.717) is 10.6 Å². The maximum atomic E-state index is 5.72. The van der Waals surface area contributed by atoms with Crippen molar-refractivity contribution in [3.8, 4) is 0 Å². The van der Waals surface area contributed by atoms with Gasteiger partial charge in [0.1, 0.15) is 16.1 Å². The fourth-order valence-corrected chi connectivity index (χ4v) is 2.80. The summed E-state index contributed by atoms with van der Waals surface area (Å²) in [4.78, 5) is 7.94. The molecule has 0 radical (unpaired) electrons. The molecule has 0 saturated carbocycles. The lowest BCUT2D eigenvalue weighted by molar-refractivity contribution is -0.0294. The van der Waals surface area contributed by atoms with Gasteiger partial charge in [-0.2, -0.15) is 0 Å². The van der Waals surface area contributed by atoms with Crippen LogP contribution >= 0.6 is 28.1 Å². The second-order valence-electron chi connectivity index (χ2n) is 5.19. The van der Waals surface area contributed by atoms with Gasteiger partial charge in [-0.25, -0.2) is 4.98 Å². The largest absolute Gasteiger partial charge is 0.370 e. The van der Waals surface area contributed by atoms with Crippen molar-refractivity contribution in [1.82, 2.24) is 9.97 Å². The van der Waals surface area contributed by atoms with Crippen molar-refractivity contribution in [2.24, 2.45) is 5.92 Å². The van der Waals surface area contributed by atoms with Crippen molar-refractivity contribution >= 4 is 28.1 Å². The minimum atomic E-state index is -0.375. The van der Waals surface area contributed by atoms with Crippen LogP contribution in [0.15, 0.2) is 4.47 Å². The first-order chi connectivity index (χ1) is 8.90. The number of nitrogens with zero attached hydrogens (tertiary/aromatic N) is 1. The van der Waals surface area contributed by atoms with Crippen molar-refractivity contribution in [2.45, 2.75) is 52.6 Å². The third-order valence-electron chi connectivity index (χ3n) is 3.51. The van der Waals surface area contributed by atoms with E-state index in [4.69, 9.17) is 17.0 Å². The first-order valence-corrected chi connectivity index (χ1v) is 7.94. The van der Waals surface area contributed by atoms with Gasteiger partial charge in [0, 0.05) is 12.8 Å². The summed E-state index contributed by atoms with van der Waals surface area (Å²) in [5.41, 5.74) is 0.730. The summed E-state index contributed by atoms with van der Waals surface area (Å²) in [6, 6.07) is 0. The predicted molar refractivity (Wildman–Crippen MR) is 84.9 cm³/mol. The summed E-state index contributed by atoms with van der Waals surface area (Å²) in [7, 11) is 1.73. The van der Waals surface area contributed by atoms with Gasteiger partial charge >= 0.3 is 0 Å². The fourth-order valence-electron chi connectivity index (χ4n) is 2.24. The van der Waals surface area contributed by atoms with E-state index in [2.05, 4.69) is 53.6 Å². The van der Waals surface area contributed by atoms with Crippen molar-refractivity contribution in [3.63, 3.8) is 0 Å². The van der Waals surface area contributed by atoms with Crippen LogP contribution in [0.5, 0.6) is 0 Å². The average Bonchev–Trinajstić information content (AvgIpc) is 2.37. The average molecular weight is 347 g/mol. The number of rotatable bonds is 6. The summed E-state index contributed by atoms with van der Waals surface area (Å²) < 4.78 is 7.23. The number of ether oxygens (including phenoxy) is 1. The SMILES string of the molecule is CCC(CC)(OC)c1nc(=S)c(Br)c(CC(C)C)[nH]1. The van der Waals surface area contributed by atoms with Crippen LogP contribution in [0.3, 0.4) is 0 Å². The Morgan fingerprint density at radius 1 is 1.37 bits per heavy atom. The first kappa shape index (κ1) is 16.8. The van der Waals surface area contributed by atoms with Crippen LogP contribution < -0.4 is 0 Å². The smallest absolute Gasteiger partial charge is 0.144 e. The lowest BCUT2D eigenvalue weighted by atomic mass is 9.95. The molecular formula is C14H23BrN2OS. The number of hydrogen-bond acceptors (Lipinski definition) is 3. The second kappa shape index (κ2) is 6.95. The van der Waals surface area contributed by atoms with Crippen LogP contribution in [0, 0.1) is 10.6 Å². The Hall–Kier alpha value is -0.260. The summed E-state index contributed by atoms with van der Waals surface area (Å²) in [6.45, 7) is 8.59. The van der Waals surface area contributed by atoms with Gasteiger partial charge in [-0.3, -0.25) is 0 Å². The van der Waals surface area contributed by atoms with Crippen LogP contribution in [0.1, 0.15) is 52.1 Å². The van der Waals surface area contributed by atoms with E-state index in [1.165, 1.54) is 0 Å². The molecule has 1 rings (SSSR count). The molecule has 1 aromatic rings. The summed E-state index contributed by atoms with van der Waals surface area (Å²) in [5.74, 6) is 1.39. The number of halogens is 1. The number of hydrogen-bond donors (Lipinski definition) is 1. The van der Waals surface area contributed by atoms with Crippen LogP contribution in [-0.4, -0.2) is 17.1 Å². The van der Waals surface area contributed by atoms with Crippen LogP contribution in [-0.2, 0) is 16.8 Å². The third-order valence-corrected chi connectivity index (χ3v) is 4.92. The molecule has 0 aromatic carbocycles. The summed E-state index contributed by atoms with van der Waals surface area (Å²) in [5, 5.41) is 0. The molecule has 0 aliphatic heterocycles. The van der Waals surface area contributed by atoms with Crippen LogP contribution in [0.25, 0.3) is 0 Å². The number of H-pyrrole nitrogens is 1. The lowest BCUT2D eigenvalue weighted by Crippen LogP contribution is -2.30. The van der Waals surface area contributed by atoms with Gasteiger partial charge in [-0.15, -0.1) is 0 Å². The highest BCUT2D eigenvalue weighted by Gasteiger charge is 2.31. The molecule has 1 heterocycles. The fraction of sp³-hybridized carbons (Fsp3) is 0.714. The number of aromatic amines is 1. The summed E-state index contributed by atoms with van der Waals surface area (Å²) >= 11 is 8.90. The molecule has 19 heavy (non-hydrogen) atoms. The normalized spacial score (nSPS) is 12.2. The van der Waals surface area contributed by atoms with E-state index >= 15 is 0 Å². The van der Waals surface area contributed by atoms with Gasteiger partial charge in [0.05, 0.1) is 4.47 Å². The zero-order valence-electron chi connectivity index (χ0n) is 12.3. The molecule has 1 N–H and O–H groups in total. The molecule has 0 unspecified atom stereocenters. The third kappa shape index (κ3) is 3.64. The maximum Gasteiger partial charge on any atom is 0.144 e. The molecule has 0 saturated heterocycles. The highest BCUT2D eigenvalue weighted by atomic mass is 79.9. The van der Waals surface area contributed by atoms with Gasteiger partial charge in [0.2, 0.25) is 0 Å². The number of methoxy groups -OCH3 is 1. The molecule has 0 atom stereocenters. The molecule has 0 aliphatic carbocycles. The highest BCUT2D eigenvalue weighted by Crippen LogP contribution is 2.31. The Morgan fingerprint density at radius 2 is 1.95 bits per heavy atom. The molecular weight excluding hydrogens is 324 g/mol. The van der Waals surface area contributed by atoms with Crippen molar-refractivity contribution < 1.29 is 4.74 Å². The van der Waals surface area contributed by atoms with Gasteiger partial charge in [-0.1, -0.05) is 39.9 Å².